The molecule has 202 valence electrons. The fourth-order valence-electron chi connectivity index (χ4n) is 3.70. The van der Waals surface area contributed by atoms with Crippen LogP contribution < -0.4 is 5.32 Å². The molecule has 1 fully saturated rings. The van der Waals surface area contributed by atoms with Gasteiger partial charge in [0, 0.05) is 18.2 Å². The highest BCUT2D eigenvalue weighted by Gasteiger charge is 2.39. The van der Waals surface area contributed by atoms with E-state index in [9.17, 15) is 31.9 Å². The minimum absolute atomic E-state index is 0.0302. The Labute approximate surface area is 210 Å². The number of amides is 2. The van der Waals surface area contributed by atoms with Crippen molar-refractivity contribution in [3.05, 3.63) is 47.3 Å². The van der Waals surface area contributed by atoms with Gasteiger partial charge in [-0.05, 0) is 52.0 Å². The first-order chi connectivity index (χ1) is 17.2. The number of hydrogen-bond acceptors (Lipinski definition) is 6. The average Bonchev–Trinajstić information content (AvgIpc) is 3.35. The Hall–Kier alpha value is -3.64. The molecule has 1 N–H and O–H groups in total. The predicted molar refractivity (Wildman–Crippen MR) is 123 cm³/mol. The molecule has 9 nitrogen and oxygen atoms in total. The number of carbonyl (C=O) groups is 3. The number of aromatic nitrogens is 2. The Morgan fingerprint density at radius 2 is 1.78 bits per heavy atom. The molecule has 37 heavy (non-hydrogen) atoms. The van der Waals surface area contributed by atoms with Crippen molar-refractivity contribution in [1.29, 1.82) is 0 Å². The number of halogens is 4. The number of alkyl halides is 4. The maximum absolute atomic E-state index is 14.1. The van der Waals surface area contributed by atoms with Gasteiger partial charge in [0.25, 0.3) is 0 Å². The Morgan fingerprint density at radius 3 is 2.35 bits per heavy atom. The van der Waals surface area contributed by atoms with E-state index in [-0.39, 0.29) is 42.9 Å². The molecule has 0 aliphatic carbocycles. The predicted octanol–water partition coefficient (Wildman–Crippen LogP) is 4.03. The number of nitrogens with zero attached hydrogens (tertiary/aromatic N) is 3. The van der Waals surface area contributed by atoms with E-state index >= 15 is 0 Å². The zero-order chi connectivity index (χ0) is 27.5. The van der Waals surface area contributed by atoms with Gasteiger partial charge in [-0.2, -0.15) is 18.3 Å². The molecule has 1 saturated heterocycles. The van der Waals surface area contributed by atoms with Crippen LogP contribution in [0.25, 0.3) is 5.69 Å². The molecule has 2 aromatic rings. The van der Waals surface area contributed by atoms with Gasteiger partial charge in [-0.25, -0.2) is 18.7 Å². The molecule has 1 aliphatic heterocycles. The quantitative estimate of drug-likeness (QED) is 0.449. The van der Waals surface area contributed by atoms with Crippen LogP contribution in [-0.2, 0) is 26.9 Å². The number of rotatable bonds is 6. The molecule has 2 amide bonds. The Kier molecular flexibility index (Phi) is 8.13. The van der Waals surface area contributed by atoms with E-state index in [4.69, 9.17) is 9.47 Å². The number of hydrogen-bond donors (Lipinski definition) is 1. The van der Waals surface area contributed by atoms with Crippen molar-refractivity contribution in [1.82, 2.24) is 20.0 Å². The van der Waals surface area contributed by atoms with E-state index < -0.39 is 47.6 Å². The maximum atomic E-state index is 14.1. The van der Waals surface area contributed by atoms with Crippen molar-refractivity contribution in [2.24, 2.45) is 0 Å². The highest BCUT2D eigenvalue weighted by molar-refractivity contribution is 5.91. The number of nitrogens with one attached hydrogen (secondary N) is 1. The zero-order valence-corrected chi connectivity index (χ0v) is 20.8. The van der Waals surface area contributed by atoms with Crippen LogP contribution in [0.15, 0.2) is 30.5 Å². The Bertz CT molecular complexity index is 1140. The lowest BCUT2D eigenvalue weighted by atomic mass is 10.1. The van der Waals surface area contributed by atoms with Crippen LogP contribution in [0.4, 0.5) is 22.4 Å². The minimum atomic E-state index is -4.52. The fourth-order valence-corrected chi connectivity index (χ4v) is 3.70. The summed E-state index contributed by atoms with van der Waals surface area (Å²) in [5.74, 6) is -1.46. The summed E-state index contributed by atoms with van der Waals surface area (Å²) >= 11 is 0. The third-order valence-corrected chi connectivity index (χ3v) is 5.27. The van der Waals surface area contributed by atoms with Gasteiger partial charge in [0.2, 0.25) is 5.91 Å². The Morgan fingerprint density at radius 1 is 1.14 bits per heavy atom. The van der Waals surface area contributed by atoms with E-state index in [1.54, 1.807) is 27.7 Å². The summed E-state index contributed by atoms with van der Waals surface area (Å²) in [6.45, 7) is 6.34. The Balaban J connectivity index is 1.80. The molecule has 13 heteroatoms. The van der Waals surface area contributed by atoms with Gasteiger partial charge in [-0.15, -0.1) is 0 Å². The topological polar surface area (TPSA) is 103 Å². The van der Waals surface area contributed by atoms with Crippen molar-refractivity contribution < 1.29 is 41.4 Å². The SMILES string of the molecule is CCOC(=O)c1nn(-c2ccc(C(F)(F)F)cc2)cc1CC(=O)N[C@@H]1C[C@@H](F)CN1C(=O)OC(C)(C)C. The van der Waals surface area contributed by atoms with Gasteiger partial charge in [-0.3, -0.25) is 9.69 Å². The number of likely N-dealkylation sites (tertiary alicyclic amines) is 1. The van der Waals surface area contributed by atoms with Gasteiger partial charge in [-0.1, -0.05) is 0 Å². The second-order valence-corrected chi connectivity index (χ2v) is 9.44. The minimum Gasteiger partial charge on any atom is -0.461 e. The molecule has 0 bridgehead atoms. The molecule has 3 rings (SSSR count). The standard InChI is InChI=1S/C24H28F4N4O5/c1-5-36-21(34)20-14(12-32(30-20)17-8-6-15(7-9-17)24(26,27)28)10-19(33)29-18-11-16(25)13-31(18)22(35)37-23(2,3)4/h6-9,12,16,18H,5,10-11,13H2,1-4H3,(H,29,33)/t16-,18+/m1/s1. The summed E-state index contributed by atoms with van der Waals surface area (Å²) < 4.78 is 64.2. The molecular formula is C24H28F4N4O5. The summed E-state index contributed by atoms with van der Waals surface area (Å²) in [7, 11) is 0. The molecule has 1 aromatic heterocycles. The van der Waals surface area contributed by atoms with Crippen LogP contribution >= 0.6 is 0 Å². The number of benzene rings is 1. The lowest BCUT2D eigenvalue weighted by Crippen LogP contribution is -2.49. The van der Waals surface area contributed by atoms with Crippen molar-refractivity contribution in [2.75, 3.05) is 13.2 Å². The second-order valence-electron chi connectivity index (χ2n) is 9.44. The van der Waals surface area contributed by atoms with E-state index in [0.29, 0.717) is 0 Å². The first kappa shape index (κ1) is 27.9. The van der Waals surface area contributed by atoms with Crippen LogP contribution in [0.2, 0.25) is 0 Å². The summed E-state index contributed by atoms with van der Waals surface area (Å²) in [4.78, 5) is 38.8. The number of carbonyl (C=O) groups excluding carboxylic acids is 3. The van der Waals surface area contributed by atoms with Crippen LogP contribution in [0.3, 0.4) is 0 Å². The summed E-state index contributed by atoms with van der Waals surface area (Å²) in [6, 6.07) is 4.08. The largest absolute Gasteiger partial charge is 0.461 e. The number of ether oxygens (including phenoxy) is 2. The first-order valence-corrected chi connectivity index (χ1v) is 11.5. The molecule has 0 saturated carbocycles. The van der Waals surface area contributed by atoms with Crippen molar-refractivity contribution in [2.45, 2.75) is 64.7 Å². The lowest BCUT2D eigenvalue weighted by Gasteiger charge is -2.28. The molecule has 0 unspecified atom stereocenters. The summed E-state index contributed by atoms with van der Waals surface area (Å²) in [6.07, 6.45) is -6.82. The van der Waals surface area contributed by atoms with E-state index in [0.717, 1.165) is 21.7 Å². The molecular weight excluding hydrogens is 500 g/mol. The molecule has 0 spiro atoms. The molecule has 2 atom stereocenters. The first-order valence-electron chi connectivity index (χ1n) is 11.5. The molecule has 1 aromatic carbocycles. The van der Waals surface area contributed by atoms with Crippen LogP contribution in [-0.4, -0.2) is 63.7 Å². The van der Waals surface area contributed by atoms with Crippen molar-refractivity contribution in [3.8, 4) is 5.69 Å². The average molecular weight is 529 g/mol. The van der Waals surface area contributed by atoms with Crippen LogP contribution in [0, 0.1) is 0 Å². The van der Waals surface area contributed by atoms with Gasteiger partial charge in [0.05, 0.1) is 30.8 Å². The van der Waals surface area contributed by atoms with Crippen molar-refractivity contribution >= 4 is 18.0 Å². The molecule has 1 aliphatic rings. The lowest BCUT2D eigenvalue weighted by molar-refractivity contribution is -0.137. The number of esters is 1. The monoisotopic (exact) mass is 528 g/mol. The van der Waals surface area contributed by atoms with Gasteiger partial charge >= 0.3 is 18.2 Å². The second kappa shape index (κ2) is 10.8. The zero-order valence-electron chi connectivity index (χ0n) is 20.8. The summed E-state index contributed by atoms with van der Waals surface area (Å²) in [5.41, 5.74) is -1.52. The van der Waals surface area contributed by atoms with Crippen LogP contribution in [0.5, 0.6) is 0 Å². The highest BCUT2D eigenvalue weighted by Crippen LogP contribution is 2.30. The normalized spacial score (nSPS) is 18.0. The highest BCUT2D eigenvalue weighted by atomic mass is 19.4. The van der Waals surface area contributed by atoms with Gasteiger partial charge in [0.15, 0.2) is 5.69 Å². The molecule has 2 heterocycles. The maximum Gasteiger partial charge on any atom is 0.416 e. The van der Waals surface area contributed by atoms with E-state index in [2.05, 4.69) is 10.4 Å². The smallest absolute Gasteiger partial charge is 0.416 e. The van der Waals surface area contributed by atoms with E-state index in [1.807, 2.05) is 0 Å². The third-order valence-electron chi connectivity index (χ3n) is 5.27. The molecule has 0 radical (unpaired) electrons. The van der Waals surface area contributed by atoms with Crippen LogP contribution in [0.1, 0.15) is 55.7 Å². The van der Waals surface area contributed by atoms with Gasteiger partial charge < -0.3 is 14.8 Å². The van der Waals surface area contributed by atoms with Gasteiger partial charge in [0.1, 0.15) is 17.9 Å². The fraction of sp³-hybridized carbons (Fsp3) is 0.500. The van der Waals surface area contributed by atoms with Crippen molar-refractivity contribution in [3.63, 3.8) is 0 Å². The van der Waals surface area contributed by atoms with E-state index in [1.165, 1.54) is 18.3 Å². The summed E-state index contributed by atoms with van der Waals surface area (Å²) in [5, 5.41) is 6.69. The third kappa shape index (κ3) is 7.20.